The Morgan fingerprint density at radius 1 is 1.33 bits per heavy atom. The van der Waals surface area contributed by atoms with Crippen LogP contribution in [0.3, 0.4) is 0 Å². The Kier molecular flexibility index (Phi) is 3.28. The van der Waals surface area contributed by atoms with Crippen LogP contribution in [0.4, 0.5) is 17.6 Å². The minimum absolute atomic E-state index is 0.251. The molecule has 0 amide bonds. The lowest BCUT2D eigenvalue weighted by atomic mass is 10.2. The fourth-order valence-electron chi connectivity index (χ4n) is 0.846. The molecule has 0 atom stereocenters. The van der Waals surface area contributed by atoms with Crippen LogP contribution in [0.2, 0.25) is 0 Å². The summed E-state index contributed by atoms with van der Waals surface area (Å²) in [7, 11) is 0. The van der Waals surface area contributed by atoms with Crippen molar-refractivity contribution in [3.63, 3.8) is 0 Å². The van der Waals surface area contributed by atoms with Gasteiger partial charge in [-0.25, -0.2) is 9.18 Å². The average molecular weight is 222 g/mol. The van der Waals surface area contributed by atoms with Crippen LogP contribution >= 0.6 is 0 Å². The number of carbonyl (C=O) groups is 1. The molecule has 0 saturated carbocycles. The molecule has 0 fully saturated rings. The molecule has 6 heteroatoms. The second-order valence-electron chi connectivity index (χ2n) is 2.70. The van der Waals surface area contributed by atoms with Crippen molar-refractivity contribution in [2.45, 2.75) is 6.18 Å². The number of halogens is 4. The summed E-state index contributed by atoms with van der Waals surface area (Å²) in [6, 6.07) is 4.25. The van der Waals surface area contributed by atoms with Crippen LogP contribution in [0.1, 0.15) is 10.4 Å². The summed E-state index contributed by atoms with van der Waals surface area (Å²) in [4.78, 5) is 11.0. The number of alkyl halides is 3. The van der Waals surface area contributed by atoms with E-state index in [-0.39, 0.29) is 5.56 Å². The molecule has 0 aliphatic carbocycles. The van der Waals surface area contributed by atoms with E-state index in [1.165, 1.54) is 12.1 Å². The highest BCUT2D eigenvalue weighted by molar-refractivity contribution is 5.89. The Balaban J connectivity index is 2.62. The smallest absolute Gasteiger partial charge is 0.422 e. The first kappa shape index (κ1) is 11.5. The van der Waals surface area contributed by atoms with Crippen LogP contribution in [0, 0.1) is 5.82 Å². The molecule has 1 aromatic carbocycles. The zero-order valence-corrected chi connectivity index (χ0v) is 7.34. The summed E-state index contributed by atoms with van der Waals surface area (Å²) in [6.07, 6.45) is -4.58. The number of carbonyl (C=O) groups excluding carboxylic acids is 1. The maximum absolute atomic E-state index is 12.6. The van der Waals surface area contributed by atoms with Gasteiger partial charge in [0.1, 0.15) is 5.82 Å². The molecule has 1 rings (SSSR count). The van der Waals surface area contributed by atoms with Gasteiger partial charge >= 0.3 is 12.1 Å². The van der Waals surface area contributed by atoms with Gasteiger partial charge in [-0.2, -0.15) is 13.2 Å². The molecule has 0 bridgehead atoms. The Bertz CT molecular complexity index is 359. The highest BCUT2D eigenvalue weighted by Crippen LogP contribution is 2.15. The van der Waals surface area contributed by atoms with Crippen molar-refractivity contribution < 1.29 is 27.1 Å². The van der Waals surface area contributed by atoms with Gasteiger partial charge in [0.15, 0.2) is 6.61 Å². The lowest BCUT2D eigenvalue weighted by molar-refractivity contribution is -0.161. The quantitative estimate of drug-likeness (QED) is 0.567. The largest absolute Gasteiger partial charge is 0.452 e. The lowest BCUT2D eigenvalue weighted by Gasteiger charge is -2.07. The second-order valence-corrected chi connectivity index (χ2v) is 2.70. The van der Waals surface area contributed by atoms with Gasteiger partial charge in [-0.3, -0.25) is 0 Å². The van der Waals surface area contributed by atoms with Crippen molar-refractivity contribution in [3.05, 3.63) is 35.6 Å². The van der Waals surface area contributed by atoms with E-state index in [0.29, 0.717) is 0 Å². The SMILES string of the molecule is O=C(OCC(F)(F)F)c1cccc(F)c1. The van der Waals surface area contributed by atoms with Crippen LogP contribution in [-0.4, -0.2) is 18.8 Å². The summed E-state index contributed by atoms with van der Waals surface area (Å²) in [5, 5.41) is 0. The molecule has 0 spiro atoms. The Hall–Kier alpha value is -1.59. The first-order chi connectivity index (χ1) is 6.88. The normalized spacial score (nSPS) is 11.2. The number of hydrogen-bond acceptors (Lipinski definition) is 2. The molecule has 1 aromatic rings. The summed E-state index contributed by atoms with van der Waals surface area (Å²) in [5.41, 5.74) is -0.251. The molecule has 0 heterocycles. The number of esters is 1. The number of ether oxygens (including phenoxy) is 1. The highest BCUT2D eigenvalue weighted by Gasteiger charge is 2.29. The second kappa shape index (κ2) is 4.29. The topological polar surface area (TPSA) is 26.3 Å². The first-order valence-corrected chi connectivity index (χ1v) is 3.88. The highest BCUT2D eigenvalue weighted by atomic mass is 19.4. The Morgan fingerprint density at radius 2 is 2.00 bits per heavy atom. The van der Waals surface area contributed by atoms with Crippen LogP contribution in [-0.2, 0) is 4.74 Å². The summed E-state index contributed by atoms with van der Waals surface area (Å²) >= 11 is 0. The molecule has 82 valence electrons. The van der Waals surface area contributed by atoms with Gasteiger partial charge in [-0.05, 0) is 18.2 Å². The van der Waals surface area contributed by atoms with Crippen LogP contribution in [0.15, 0.2) is 24.3 Å². The van der Waals surface area contributed by atoms with Crippen molar-refractivity contribution in [3.8, 4) is 0 Å². The molecule has 0 N–H and O–H groups in total. The third-order valence-electron chi connectivity index (χ3n) is 1.43. The van der Waals surface area contributed by atoms with E-state index in [9.17, 15) is 22.4 Å². The maximum Gasteiger partial charge on any atom is 0.422 e. The van der Waals surface area contributed by atoms with Gasteiger partial charge in [0.25, 0.3) is 0 Å². The van der Waals surface area contributed by atoms with E-state index >= 15 is 0 Å². The van der Waals surface area contributed by atoms with E-state index in [4.69, 9.17) is 0 Å². The maximum atomic E-state index is 12.6. The third-order valence-corrected chi connectivity index (χ3v) is 1.43. The monoisotopic (exact) mass is 222 g/mol. The van der Waals surface area contributed by atoms with Crippen molar-refractivity contribution in [1.82, 2.24) is 0 Å². The molecule has 0 unspecified atom stereocenters. The fourth-order valence-corrected chi connectivity index (χ4v) is 0.846. The molecule has 0 aliphatic rings. The molecule has 0 aromatic heterocycles. The molecule has 15 heavy (non-hydrogen) atoms. The fraction of sp³-hybridized carbons (Fsp3) is 0.222. The van der Waals surface area contributed by atoms with Gasteiger partial charge in [0, 0.05) is 0 Å². The van der Waals surface area contributed by atoms with Gasteiger partial charge < -0.3 is 4.74 Å². The standard InChI is InChI=1S/C9H6F4O2/c10-7-3-1-2-6(4-7)8(14)15-5-9(11,12)13/h1-4H,5H2. The van der Waals surface area contributed by atoms with Gasteiger partial charge in [0.05, 0.1) is 5.56 Å². The molecular weight excluding hydrogens is 216 g/mol. The summed E-state index contributed by atoms with van der Waals surface area (Å²) in [5.74, 6) is -1.91. The van der Waals surface area contributed by atoms with E-state index in [1.54, 1.807) is 0 Å². The predicted octanol–water partition coefficient (Wildman–Crippen LogP) is 2.54. The van der Waals surface area contributed by atoms with Crippen LogP contribution in [0.5, 0.6) is 0 Å². The minimum atomic E-state index is -4.58. The summed E-state index contributed by atoms with van der Waals surface area (Å²) in [6.45, 7) is -1.68. The van der Waals surface area contributed by atoms with Crippen molar-refractivity contribution >= 4 is 5.97 Å². The van der Waals surface area contributed by atoms with Gasteiger partial charge in [-0.15, -0.1) is 0 Å². The predicted molar refractivity (Wildman–Crippen MR) is 42.7 cm³/mol. The van der Waals surface area contributed by atoms with Crippen molar-refractivity contribution in [2.24, 2.45) is 0 Å². The summed E-state index contributed by atoms with van der Waals surface area (Å²) < 4.78 is 51.5. The van der Waals surface area contributed by atoms with E-state index in [2.05, 4.69) is 4.74 Å². The van der Waals surface area contributed by atoms with E-state index < -0.39 is 24.6 Å². The van der Waals surface area contributed by atoms with Crippen LogP contribution < -0.4 is 0 Å². The number of rotatable bonds is 2. The lowest BCUT2D eigenvalue weighted by Crippen LogP contribution is -2.20. The molecular formula is C9H6F4O2. The number of hydrogen-bond donors (Lipinski definition) is 0. The minimum Gasteiger partial charge on any atom is -0.452 e. The zero-order valence-electron chi connectivity index (χ0n) is 7.34. The molecule has 0 saturated heterocycles. The van der Waals surface area contributed by atoms with Crippen molar-refractivity contribution in [1.29, 1.82) is 0 Å². The molecule has 0 aliphatic heterocycles. The van der Waals surface area contributed by atoms with Crippen molar-refractivity contribution in [2.75, 3.05) is 6.61 Å². The first-order valence-electron chi connectivity index (χ1n) is 3.88. The number of benzene rings is 1. The third kappa shape index (κ3) is 3.97. The van der Waals surface area contributed by atoms with Gasteiger partial charge in [-0.1, -0.05) is 6.07 Å². The van der Waals surface area contributed by atoms with E-state index in [0.717, 1.165) is 12.1 Å². The van der Waals surface area contributed by atoms with Gasteiger partial charge in [0.2, 0.25) is 0 Å². The molecule has 2 nitrogen and oxygen atoms in total. The van der Waals surface area contributed by atoms with Crippen LogP contribution in [0.25, 0.3) is 0 Å². The average Bonchev–Trinajstić information content (AvgIpc) is 2.13. The Labute approximate surface area is 82.5 Å². The Morgan fingerprint density at radius 3 is 2.53 bits per heavy atom. The zero-order chi connectivity index (χ0) is 11.5. The molecule has 0 radical (unpaired) electrons. The van der Waals surface area contributed by atoms with E-state index in [1.807, 2.05) is 0 Å².